The van der Waals surface area contributed by atoms with E-state index in [9.17, 15) is 4.79 Å². The van der Waals surface area contributed by atoms with Crippen molar-refractivity contribution in [3.63, 3.8) is 0 Å². The van der Waals surface area contributed by atoms with Gasteiger partial charge in [-0.15, -0.1) is 0 Å². The highest BCUT2D eigenvalue weighted by atomic mass is 32.1. The maximum absolute atomic E-state index is 10.6. The van der Waals surface area contributed by atoms with Crippen LogP contribution in [0.3, 0.4) is 0 Å². The minimum atomic E-state index is 0.0596. The summed E-state index contributed by atoms with van der Waals surface area (Å²) in [6.07, 6.45) is 4.93. The van der Waals surface area contributed by atoms with Crippen molar-refractivity contribution in [2.75, 3.05) is 0 Å². The SMILES string of the molecule is O=c1[nH]c2c(s1)C=CC2. The Labute approximate surface area is 55.9 Å². The Hall–Kier alpha value is -0.830. The molecule has 1 aromatic rings. The van der Waals surface area contributed by atoms with Crippen molar-refractivity contribution in [1.82, 2.24) is 4.98 Å². The first-order valence-corrected chi connectivity index (χ1v) is 3.56. The third-order valence-corrected chi connectivity index (χ3v) is 2.23. The molecule has 0 radical (unpaired) electrons. The molecule has 0 aromatic carbocycles. The van der Waals surface area contributed by atoms with Gasteiger partial charge in [-0.1, -0.05) is 17.4 Å². The van der Waals surface area contributed by atoms with Gasteiger partial charge < -0.3 is 4.98 Å². The zero-order valence-corrected chi connectivity index (χ0v) is 5.49. The highest BCUT2D eigenvalue weighted by molar-refractivity contribution is 7.10. The zero-order valence-electron chi connectivity index (χ0n) is 4.68. The van der Waals surface area contributed by atoms with Crippen LogP contribution in [0.4, 0.5) is 0 Å². The molecule has 1 N–H and O–H groups in total. The fourth-order valence-electron chi connectivity index (χ4n) is 0.942. The Morgan fingerprint density at radius 2 is 2.56 bits per heavy atom. The van der Waals surface area contributed by atoms with Gasteiger partial charge in [0.25, 0.3) is 0 Å². The molecule has 1 heterocycles. The van der Waals surface area contributed by atoms with E-state index >= 15 is 0 Å². The third-order valence-electron chi connectivity index (χ3n) is 1.34. The average Bonchev–Trinajstić information content (AvgIpc) is 2.22. The van der Waals surface area contributed by atoms with Crippen LogP contribution in [0.25, 0.3) is 6.08 Å². The Morgan fingerprint density at radius 3 is 3.33 bits per heavy atom. The average molecular weight is 139 g/mol. The summed E-state index contributed by atoms with van der Waals surface area (Å²) < 4.78 is 0. The van der Waals surface area contributed by atoms with Gasteiger partial charge in [-0.25, -0.2) is 0 Å². The van der Waals surface area contributed by atoms with E-state index in [2.05, 4.69) is 11.1 Å². The lowest BCUT2D eigenvalue weighted by atomic mass is 10.4. The van der Waals surface area contributed by atoms with Crippen LogP contribution in [0, 0.1) is 0 Å². The number of hydrogen-bond acceptors (Lipinski definition) is 2. The summed E-state index contributed by atoms with van der Waals surface area (Å²) in [4.78, 5) is 14.5. The van der Waals surface area contributed by atoms with Crippen molar-refractivity contribution in [3.8, 4) is 0 Å². The molecule has 1 aliphatic rings. The minimum absolute atomic E-state index is 0.0596. The maximum atomic E-state index is 10.6. The van der Waals surface area contributed by atoms with Gasteiger partial charge in [-0.2, -0.15) is 0 Å². The number of hydrogen-bond donors (Lipinski definition) is 1. The van der Waals surface area contributed by atoms with E-state index < -0.39 is 0 Å². The van der Waals surface area contributed by atoms with Crippen molar-refractivity contribution in [2.24, 2.45) is 0 Å². The quantitative estimate of drug-likeness (QED) is 0.571. The Bertz CT molecular complexity index is 307. The summed E-state index contributed by atoms with van der Waals surface area (Å²) in [6.45, 7) is 0. The molecule has 0 saturated carbocycles. The fourth-order valence-corrected chi connectivity index (χ4v) is 1.74. The zero-order chi connectivity index (χ0) is 6.27. The van der Waals surface area contributed by atoms with E-state index in [1.54, 1.807) is 0 Å². The van der Waals surface area contributed by atoms with E-state index in [0.717, 1.165) is 17.0 Å². The molecule has 3 heteroatoms. The molecule has 1 aromatic heterocycles. The van der Waals surface area contributed by atoms with Gasteiger partial charge in [-0.05, 0) is 6.08 Å². The van der Waals surface area contributed by atoms with Crippen molar-refractivity contribution < 1.29 is 0 Å². The second kappa shape index (κ2) is 1.57. The first kappa shape index (κ1) is 4.99. The van der Waals surface area contributed by atoms with Crippen LogP contribution >= 0.6 is 11.3 Å². The Kier molecular flexibility index (Phi) is 0.873. The molecular weight excluding hydrogens is 134 g/mol. The summed E-state index contributed by atoms with van der Waals surface area (Å²) in [5.41, 5.74) is 1.07. The fraction of sp³-hybridized carbons (Fsp3) is 0.167. The van der Waals surface area contributed by atoms with Crippen molar-refractivity contribution in [1.29, 1.82) is 0 Å². The molecule has 2 nitrogen and oxygen atoms in total. The molecule has 0 spiro atoms. The standard InChI is InChI=1S/C6H5NOS/c8-6-7-4-2-1-3-5(4)9-6/h1,3H,2H2,(H,7,8). The molecule has 9 heavy (non-hydrogen) atoms. The van der Waals surface area contributed by atoms with Crippen molar-refractivity contribution in [3.05, 3.63) is 26.3 Å². The van der Waals surface area contributed by atoms with Crippen LogP contribution in [0.2, 0.25) is 0 Å². The number of nitrogens with one attached hydrogen (secondary N) is 1. The highest BCUT2D eigenvalue weighted by Gasteiger charge is 2.07. The van der Waals surface area contributed by atoms with Crippen LogP contribution in [0.1, 0.15) is 10.6 Å². The number of thiazole rings is 1. The van der Waals surface area contributed by atoms with E-state index in [0.29, 0.717) is 0 Å². The second-order valence-electron chi connectivity index (χ2n) is 1.96. The molecule has 2 rings (SSSR count). The molecule has 0 amide bonds. The normalized spacial score (nSPS) is 14.2. The molecule has 0 saturated heterocycles. The molecular formula is C6H5NOS. The molecule has 1 aliphatic carbocycles. The first-order valence-electron chi connectivity index (χ1n) is 2.75. The summed E-state index contributed by atoms with van der Waals surface area (Å²) in [6, 6.07) is 0. The maximum Gasteiger partial charge on any atom is 0.305 e. The van der Waals surface area contributed by atoms with Gasteiger partial charge in [-0.3, -0.25) is 4.79 Å². The number of aromatic nitrogens is 1. The summed E-state index contributed by atoms with van der Waals surface area (Å²) >= 11 is 1.28. The van der Waals surface area contributed by atoms with Crippen LogP contribution in [0.5, 0.6) is 0 Å². The minimum Gasteiger partial charge on any atom is -0.316 e. The number of fused-ring (bicyclic) bond motifs is 1. The predicted molar refractivity (Wildman–Crippen MR) is 37.7 cm³/mol. The second-order valence-corrected chi connectivity index (χ2v) is 2.98. The van der Waals surface area contributed by atoms with Gasteiger partial charge in [0, 0.05) is 12.1 Å². The first-order chi connectivity index (χ1) is 4.36. The highest BCUT2D eigenvalue weighted by Crippen LogP contribution is 2.18. The van der Waals surface area contributed by atoms with Gasteiger partial charge in [0.05, 0.1) is 4.88 Å². The van der Waals surface area contributed by atoms with E-state index in [4.69, 9.17) is 0 Å². The number of allylic oxidation sites excluding steroid dienone is 1. The van der Waals surface area contributed by atoms with E-state index in [1.165, 1.54) is 11.3 Å². The summed E-state index contributed by atoms with van der Waals surface area (Å²) in [5.74, 6) is 0. The molecule has 0 atom stereocenters. The van der Waals surface area contributed by atoms with Crippen LogP contribution in [-0.2, 0) is 6.42 Å². The molecule has 0 aliphatic heterocycles. The van der Waals surface area contributed by atoms with Gasteiger partial charge in [0.15, 0.2) is 0 Å². The summed E-state index contributed by atoms with van der Waals surface area (Å²) in [7, 11) is 0. The van der Waals surface area contributed by atoms with Gasteiger partial charge >= 0.3 is 4.87 Å². The van der Waals surface area contributed by atoms with E-state index in [1.807, 2.05) is 6.08 Å². The topological polar surface area (TPSA) is 32.9 Å². The van der Waals surface area contributed by atoms with Gasteiger partial charge in [0.1, 0.15) is 0 Å². The molecule has 0 fully saturated rings. The van der Waals surface area contributed by atoms with Gasteiger partial charge in [0.2, 0.25) is 0 Å². The van der Waals surface area contributed by atoms with Crippen molar-refractivity contribution in [2.45, 2.75) is 6.42 Å². The van der Waals surface area contributed by atoms with Crippen LogP contribution in [-0.4, -0.2) is 4.98 Å². The van der Waals surface area contributed by atoms with Crippen LogP contribution < -0.4 is 4.87 Å². The summed E-state index contributed by atoms with van der Waals surface area (Å²) in [5, 5.41) is 0. The Morgan fingerprint density at radius 1 is 1.67 bits per heavy atom. The van der Waals surface area contributed by atoms with E-state index in [-0.39, 0.29) is 4.87 Å². The molecule has 0 bridgehead atoms. The number of H-pyrrole nitrogens is 1. The molecule has 46 valence electrons. The predicted octanol–water partition coefficient (Wildman–Crippen LogP) is 1.01. The number of rotatable bonds is 0. The van der Waals surface area contributed by atoms with Crippen molar-refractivity contribution >= 4 is 17.4 Å². The lowest BCUT2D eigenvalue weighted by molar-refractivity contribution is 1.15. The largest absolute Gasteiger partial charge is 0.316 e. The monoisotopic (exact) mass is 139 g/mol. The molecule has 0 unspecified atom stereocenters. The lowest BCUT2D eigenvalue weighted by Crippen LogP contribution is -1.93. The smallest absolute Gasteiger partial charge is 0.305 e. The number of aromatic amines is 1. The third kappa shape index (κ3) is 0.650. The lowest BCUT2D eigenvalue weighted by Gasteiger charge is -1.79. The van der Waals surface area contributed by atoms with Crippen LogP contribution in [0.15, 0.2) is 10.9 Å². The Balaban J connectivity index is 2.75.